The smallest absolute Gasteiger partial charge is 0.351 e. The van der Waals surface area contributed by atoms with Gasteiger partial charge < -0.3 is 19.9 Å². The van der Waals surface area contributed by atoms with Gasteiger partial charge >= 0.3 is 5.97 Å². The number of nitrogens with zero attached hydrogens (tertiary/aromatic N) is 3. The van der Waals surface area contributed by atoms with Crippen molar-refractivity contribution in [2.24, 2.45) is 0 Å². The molecule has 0 atom stereocenters. The molecule has 1 fully saturated rings. The lowest BCUT2D eigenvalue weighted by molar-refractivity contribution is -0.917. The highest BCUT2D eigenvalue weighted by Gasteiger charge is 2.30. The van der Waals surface area contributed by atoms with Crippen LogP contribution in [0.1, 0.15) is 5.56 Å². The molecule has 2 aromatic rings. The zero-order valence-corrected chi connectivity index (χ0v) is 17.0. The molecule has 13 heteroatoms. The number of aromatic nitrogens is 1. The highest BCUT2D eigenvalue weighted by atomic mass is 32.2. The van der Waals surface area contributed by atoms with Crippen LogP contribution in [0.5, 0.6) is 0 Å². The molecule has 0 spiro atoms. The van der Waals surface area contributed by atoms with Crippen LogP contribution in [0.4, 0.5) is 5.69 Å². The van der Waals surface area contributed by atoms with E-state index >= 15 is 0 Å². The number of nitrogens with one attached hydrogen (secondary N) is 1. The fourth-order valence-electron chi connectivity index (χ4n) is 2.90. The Balaban J connectivity index is 0.000000501. The third kappa shape index (κ3) is 6.80. The van der Waals surface area contributed by atoms with Crippen LogP contribution < -0.4 is 10.0 Å². The predicted octanol–water partition coefficient (Wildman–Crippen LogP) is -2.10. The van der Waals surface area contributed by atoms with Crippen molar-refractivity contribution in [1.82, 2.24) is 9.29 Å². The summed E-state index contributed by atoms with van der Waals surface area (Å²) in [6.45, 7) is 3.09. The minimum Gasteiger partial charge on any atom is -0.539 e. The van der Waals surface area contributed by atoms with Gasteiger partial charge in [-0.1, -0.05) is 6.07 Å². The summed E-state index contributed by atoms with van der Waals surface area (Å²) in [6, 6.07) is 8.93. The van der Waals surface area contributed by atoms with Crippen LogP contribution in [0.25, 0.3) is 0 Å². The molecule has 31 heavy (non-hydrogen) atoms. The van der Waals surface area contributed by atoms with Crippen molar-refractivity contribution in [2.45, 2.75) is 11.4 Å². The number of rotatable bonds is 5. The molecule has 1 aromatic heterocycles. The van der Waals surface area contributed by atoms with E-state index in [1.807, 2.05) is 18.3 Å². The van der Waals surface area contributed by atoms with Gasteiger partial charge in [0.15, 0.2) is 5.97 Å². The number of carboxylic acid groups (broad SMARTS) is 2. The van der Waals surface area contributed by atoms with Crippen LogP contribution in [0.15, 0.2) is 53.7 Å². The number of carbonyl (C=O) groups is 2. The van der Waals surface area contributed by atoms with Gasteiger partial charge in [-0.15, -0.1) is 0 Å². The monoisotopic (exact) mass is 452 g/mol. The molecular weight excluding hydrogens is 432 g/mol. The quantitative estimate of drug-likeness (QED) is 0.292. The molecule has 0 radical (unpaired) electrons. The zero-order chi connectivity index (χ0) is 23.0. The number of piperazine rings is 1. The summed E-state index contributed by atoms with van der Waals surface area (Å²) in [6.07, 6.45) is 3.56. The van der Waals surface area contributed by atoms with Gasteiger partial charge in [0.1, 0.15) is 6.54 Å². The topological polar surface area (TPSA) is 175 Å². The lowest BCUT2D eigenvalue weighted by Crippen LogP contribution is -3.13. The van der Waals surface area contributed by atoms with E-state index in [1.165, 1.54) is 33.5 Å². The van der Waals surface area contributed by atoms with E-state index in [-0.39, 0.29) is 10.6 Å². The molecule has 2 heterocycles. The number of aliphatic carboxylic acids is 2. The number of carbonyl (C=O) groups excluding carboxylic acids is 1. The fourth-order valence-corrected chi connectivity index (χ4v) is 4.34. The highest BCUT2D eigenvalue weighted by molar-refractivity contribution is 7.89. The Hall–Kier alpha value is -3.42. The average molecular weight is 452 g/mol. The van der Waals surface area contributed by atoms with E-state index in [0.29, 0.717) is 26.2 Å². The maximum absolute atomic E-state index is 12.7. The average Bonchev–Trinajstić information content (AvgIpc) is 2.75. The molecule has 0 bridgehead atoms. The molecule has 1 aliphatic rings. The molecule has 0 amide bonds. The molecule has 12 nitrogen and oxygen atoms in total. The van der Waals surface area contributed by atoms with E-state index in [1.54, 1.807) is 6.20 Å². The first-order valence-corrected chi connectivity index (χ1v) is 10.5. The first-order valence-electron chi connectivity index (χ1n) is 9.02. The number of hydrogen-bond acceptors (Lipinski definition) is 8. The molecule has 0 unspecified atom stereocenters. The number of sulfonamides is 1. The van der Waals surface area contributed by atoms with E-state index in [0.717, 1.165) is 12.1 Å². The van der Waals surface area contributed by atoms with Crippen molar-refractivity contribution in [1.29, 1.82) is 0 Å². The van der Waals surface area contributed by atoms with Crippen molar-refractivity contribution < 1.29 is 38.0 Å². The molecule has 0 aliphatic carbocycles. The van der Waals surface area contributed by atoms with Gasteiger partial charge in [0, 0.05) is 30.1 Å². The van der Waals surface area contributed by atoms with E-state index in [4.69, 9.17) is 19.8 Å². The molecule has 2 N–H and O–H groups in total. The Bertz CT molecular complexity index is 1010. The molecule has 3 rings (SSSR count). The summed E-state index contributed by atoms with van der Waals surface area (Å²) in [5.74, 6) is -4.01. The molecule has 166 valence electrons. The maximum atomic E-state index is 12.7. The SMILES string of the molecule is O=C([O-])C(=O)O.O=[N+]([O-])c1ccc(S(=O)(=O)N2CC[NH+](Cc3cccnc3)CC2)cc1. The van der Waals surface area contributed by atoms with Crippen molar-refractivity contribution in [3.63, 3.8) is 0 Å². The number of hydrogen-bond donors (Lipinski definition) is 2. The lowest BCUT2D eigenvalue weighted by Gasteiger charge is -2.31. The van der Waals surface area contributed by atoms with Crippen molar-refractivity contribution >= 4 is 27.6 Å². The Morgan fingerprint density at radius 3 is 2.19 bits per heavy atom. The number of nitro benzene ring substituents is 1. The Morgan fingerprint density at radius 2 is 1.74 bits per heavy atom. The predicted molar refractivity (Wildman–Crippen MR) is 103 cm³/mol. The third-order valence-corrected chi connectivity index (χ3v) is 6.38. The summed E-state index contributed by atoms with van der Waals surface area (Å²) in [5.41, 5.74) is 1.01. The van der Waals surface area contributed by atoms with Gasteiger partial charge in [0.2, 0.25) is 10.0 Å². The second-order valence-corrected chi connectivity index (χ2v) is 8.47. The Labute approximate surface area is 177 Å². The zero-order valence-electron chi connectivity index (χ0n) is 16.2. The molecule has 1 saturated heterocycles. The highest BCUT2D eigenvalue weighted by Crippen LogP contribution is 2.19. The molecule has 0 saturated carbocycles. The number of nitro groups is 1. The van der Waals surface area contributed by atoms with E-state index < -0.39 is 26.9 Å². The maximum Gasteiger partial charge on any atom is 0.351 e. The van der Waals surface area contributed by atoms with E-state index in [9.17, 15) is 18.5 Å². The van der Waals surface area contributed by atoms with Gasteiger partial charge in [-0.05, 0) is 18.2 Å². The van der Waals surface area contributed by atoms with Gasteiger partial charge in [-0.2, -0.15) is 4.31 Å². The van der Waals surface area contributed by atoms with Crippen LogP contribution >= 0.6 is 0 Å². The second-order valence-electron chi connectivity index (χ2n) is 6.54. The summed E-state index contributed by atoms with van der Waals surface area (Å²) >= 11 is 0. The Morgan fingerprint density at radius 1 is 1.16 bits per heavy atom. The van der Waals surface area contributed by atoms with Crippen LogP contribution in [0, 0.1) is 10.1 Å². The minimum absolute atomic E-state index is 0.0915. The number of quaternary nitrogens is 1. The standard InChI is InChI=1S/C16H18N4O4S.C2H2O4/c21-20(22)15-3-5-16(6-4-15)25(23,24)19-10-8-18(9-11-19)13-14-2-1-7-17-12-14;3-1(4)2(5)6/h1-7,12H,8-11,13H2;(H,3,4)(H,5,6). The third-order valence-electron chi connectivity index (χ3n) is 4.47. The Kier molecular flexibility index (Phi) is 8.13. The van der Waals surface area contributed by atoms with Gasteiger partial charge in [0.25, 0.3) is 5.69 Å². The largest absolute Gasteiger partial charge is 0.539 e. The molecule has 1 aromatic carbocycles. The summed E-state index contributed by atoms with van der Waals surface area (Å²) in [7, 11) is -3.62. The first-order chi connectivity index (χ1) is 14.6. The number of carboxylic acids is 2. The molecule has 1 aliphatic heterocycles. The van der Waals surface area contributed by atoms with E-state index in [2.05, 4.69) is 4.98 Å². The molecular formula is C18H20N4O8S. The van der Waals surface area contributed by atoms with Crippen LogP contribution in [0.2, 0.25) is 0 Å². The number of pyridine rings is 1. The minimum atomic E-state index is -3.62. The first kappa shape index (κ1) is 23.9. The number of non-ortho nitro benzene ring substituents is 1. The van der Waals surface area contributed by atoms with Crippen molar-refractivity contribution in [3.8, 4) is 0 Å². The van der Waals surface area contributed by atoms with Crippen molar-refractivity contribution in [2.75, 3.05) is 26.2 Å². The van der Waals surface area contributed by atoms with Gasteiger partial charge in [-0.3, -0.25) is 15.1 Å². The second kappa shape index (κ2) is 10.6. The van der Waals surface area contributed by atoms with Gasteiger partial charge in [0.05, 0.1) is 36.0 Å². The lowest BCUT2D eigenvalue weighted by atomic mass is 10.2. The fraction of sp³-hybridized carbons (Fsp3) is 0.278. The normalized spacial score (nSPS) is 14.8. The number of benzene rings is 1. The summed E-state index contributed by atoms with van der Waals surface area (Å²) < 4.78 is 26.8. The summed E-state index contributed by atoms with van der Waals surface area (Å²) in [4.78, 5) is 33.7. The van der Waals surface area contributed by atoms with Crippen LogP contribution in [-0.2, 0) is 26.2 Å². The van der Waals surface area contributed by atoms with Crippen LogP contribution in [0.3, 0.4) is 0 Å². The van der Waals surface area contributed by atoms with Gasteiger partial charge in [-0.25, -0.2) is 13.2 Å². The van der Waals surface area contributed by atoms with Crippen molar-refractivity contribution in [3.05, 3.63) is 64.5 Å². The summed E-state index contributed by atoms with van der Waals surface area (Å²) in [5, 5.41) is 27.0. The van der Waals surface area contributed by atoms with Crippen LogP contribution in [-0.4, -0.2) is 65.9 Å².